The second-order valence-corrected chi connectivity index (χ2v) is 2.93. The van der Waals surface area contributed by atoms with Gasteiger partial charge in [-0.15, -0.1) is 0 Å². The van der Waals surface area contributed by atoms with Gasteiger partial charge in [0.2, 0.25) is 0 Å². The molecular weight excluding hydrogens is 128 g/mol. The Morgan fingerprint density at radius 1 is 1.40 bits per heavy atom. The molecule has 0 N–H and O–H groups in total. The quantitative estimate of drug-likeness (QED) is 0.479. The first kappa shape index (κ1) is 6.23. The lowest BCUT2D eigenvalue weighted by Gasteiger charge is -2.26. The van der Waals surface area contributed by atoms with Gasteiger partial charge in [0.15, 0.2) is 0 Å². The second-order valence-electron chi connectivity index (χ2n) is 2.93. The van der Waals surface area contributed by atoms with Crippen molar-refractivity contribution in [3.63, 3.8) is 0 Å². The third kappa shape index (κ3) is 1.03. The highest BCUT2D eigenvalue weighted by Crippen LogP contribution is 2.31. The molecule has 2 aliphatic rings. The van der Waals surface area contributed by atoms with Gasteiger partial charge in [-0.1, -0.05) is 0 Å². The zero-order valence-corrected chi connectivity index (χ0v) is 6.01. The van der Waals surface area contributed by atoms with Crippen molar-refractivity contribution in [2.45, 2.75) is 25.7 Å². The van der Waals surface area contributed by atoms with Crippen molar-refractivity contribution >= 4 is 0 Å². The van der Waals surface area contributed by atoms with Crippen LogP contribution in [0.25, 0.3) is 0 Å². The molecule has 1 heterocycles. The van der Waals surface area contributed by atoms with Crippen molar-refractivity contribution in [3.05, 3.63) is 11.8 Å². The molecular formula is C8H12O2. The summed E-state index contributed by atoms with van der Waals surface area (Å²) in [7, 11) is 0. The van der Waals surface area contributed by atoms with Gasteiger partial charge in [-0.2, -0.15) is 4.89 Å². The molecule has 1 atom stereocenters. The minimum Gasteiger partial charge on any atom is -0.342 e. The third-order valence-electron chi connectivity index (χ3n) is 2.21. The number of rotatable bonds is 0. The first-order valence-electron chi connectivity index (χ1n) is 3.96. The molecule has 0 amide bonds. The SMILES string of the molecule is C1=C2OOCCC2CCC1. The van der Waals surface area contributed by atoms with E-state index < -0.39 is 0 Å². The maximum atomic E-state index is 5.04. The van der Waals surface area contributed by atoms with Gasteiger partial charge in [-0.25, -0.2) is 0 Å². The largest absolute Gasteiger partial charge is 0.342 e. The molecule has 0 aromatic rings. The molecule has 10 heavy (non-hydrogen) atoms. The average molecular weight is 140 g/mol. The Balaban J connectivity index is 2.08. The Morgan fingerprint density at radius 2 is 2.40 bits per heavy atom. The molecule has 0 aromatic carbocycles. The van der Waals surface area contributed by atoms with Gasteiger partial charge in [0, 0.05) is 5.92 Å². The lowest BCUT2D eigenvalue weighted by molar-refractivity contribution is -0.290. The summed E-state index contributed by atoms with van der Waals surface area (Å²) in [5.41, 5.74) is 0. The molecule has 1 aliphatic carbocycles. The molecule has 1 fully saturated rings. The van der Waals surface area contributed by atoms with Crippen LogP contribution in [0.1, 0.15) is 25.7 Å². The molecule has 1 aliphatic heterocycles. The van der Waals surface area contributed by atoms with Gasteiger partial charge in [0.1, 0.15) is 5.76 Å². The van der Waals surface area contributed by atoms with Gasteiger partial charge >= 0.3 is 0 Å². The molecule has 0 radical (unpaired) electrons. The summed E-state index contributed by atoms with van der Waals surface area (Å²) >= 11 is 0. The summed E-state index contributed by atoms with van der Waals surface area (Å²) in [4.78, 5) is 9.91. The molecule has 1 saturated heterocycles. The Bertz CT molecular complexity index is 151. The number of allylic oxidation sites excluding steroid dienone is 2. The van der Waals surface area contributed by atoms with Crippen molar-refractivity contribution in [3.8, 4) is 0 Å². The summed E-state index contributed by atoms with van der Waals surface area (Å²) in [6, 6.07) is 0. The summed E-state index contributed by atoms with van der Waals surface area (Å²) in [6.45, 7) is 0.766. The monoisotopic (exact) mass is 140 g/mol. The first-order chi connectivity index (χ1) is 4.97. The van der Waals surface area contributed by atoms with E-state index in [9.17, 15) is 0 Å². The van der Waals surface area contributed by atoms with Crippen LogP contribution in [-0.2, 0) is 9.78 Å². The minimum atomic E-state index is 0.669. The Labute approximate surface area is 60.7 Å². The van der Waals surface area contributed by atoms with Crippen LogP contribution in [0, 0.1) is 5.92 Å². The van der Waals surface area contributed by atoms with Crippen molar-refractivity contribution in [2.24, 2.45) is 5.92 Å². The van der Waals surface area contributed by atoms with Gasteiger partial charge in [-0.05, 0) is 31.8 Å². The van der Waals surface area contributed by atoms with E-state index in [1.165, 1.54) is 12.8 Å². The van der Waals surface area contributed by atoms with Gasteiger partial charge < -0.3 is 4.89 Å². The van der Waals surface area contributed by atoms with E-state index >= 15 is 0 Å². The fraction of sp³-hybridized carbons (Fsp3) is 0.750. The van der Waals surface area contributed by atoms with Crippen molar-refractivity contribution in [2.75, 3.05) is 6.61 Å². The zero-order valence-electron chi connectivity index (χ0n) is 6.01. The first-order valence-corrected chi connectivity index (χ1v) is 3.96. The van der Waals surface area contributed by atoms with Crippen molar-refractivity contribution < 1.29 is 9.78 Å². The molecule has 2 nitrogen and oxygen atoms in total. The normalized spacial score (nSPS) is 32.0. The van der Waals surface area contributed by atoms with Crippen LogP contribution in [0.15, 0.2) is 11.8 Å². The molecule has 2 heteroatoms. The Morgan fingerprint density at radius 3 is 3.30 bits per heavy atom. The van der Waals surface area contributed by atoms with Crippen LogP contribution in [0.5, 0.6) is 0 Å². The minimum absolute atomic E-state index is 0.669. The summed E-state index contributed by atoms with van der Waals surface area (Å²) in [5, 5.41) is 0. The Kier molecular flexibility index (Phi) is 1.63. The van der Waals surface area contributed by atoms with E-state index in [2.05, 4.69) is 6.08 Å². The predicted octanol–water partition coefficient (Wildman–Crippen LogP) is 2.02. The van der Waals surface area contributed by atoms with E-state index in [-0.39, 0.29) is 0 Å². The number of fused-ring (bicyclic) bond motifs is 1. The number of hydrogen-bond donors (Lipinski definition) is 0. The molecule has 0 bridgehead atoms. The molecule has 0 saturated carbocycles. The molecule has 1 unspecified atom stereocenters. The Hall–Kier alpha value is -0.500. The van der Waals surface area contributed by atoms with Gasteiger partial charge in [0.05, 0.1) is 6.61 Å². The van der Waals surface area contributed by atoms with E-state index in [0.29, 0.717) is 5.92 Å². The summed E-state index contributed by atoms with van der Waals surface area (Å²) < 4.78 is 0. The highest BCUT2D eigenvalue weighted by atomic mass is 17.2. The molecule has 0 aromatic heterocycles. The van der Waals surface area contributed by atoms with Gasteiger partial charge in [0.25, 0.3) is 0 Å². The van der Waals surface area contributed by atoms with E-state index in [1.807, 2.05) is 0 Å². The molecule has 2 rings (SSSR count). The second kappa shape index (κ2) is 2.62. The van der Waals surface area contributed by atoms with Crippen LogP contribution in [0.2, 0.25) is 0 Å². The lowest BCUT2D eigenvalue weighted by atomic mass is 9.91. The topological polar surface area (TPSA) is 18.5 Å². The van der Waals surface area contributed by atoms with E-state index in [1.54, 1.807) is 0 Å². The van der Waals surface area contributed by atoms with Crippen LogP contribution in [-0.4, -0.2) is 6.61 Å². The molecule has 56 valence electrons. The standard InChI is InChI=1S/C8H12O2/c1-2-4-8-7(3-1)5-6-9-10-8/h4,7H,1-3,5-6H2. The molecule has 0 spiro atoms. The summed E-state index contributed by atoms with van der Waals surface area (Å²) in [5.74, 6) is 1.75. The highest BCUT2D eigenvalue weighted by Gasteiger charge is 2.23. The van der Waals surface area contributed by atoms with Crippen molar-refractivity contribution in [1.29, 1.82) is 0 Å². The number of hydrogen-bond acceptors (Lipinski definition) is 2. The maximum Gasteiger partial charge on any atom is 0.141 e. The van der Waals surface area contributed by atoms with Crippen LogP contribution >= 0.6 is 0 Å². The van der Waals surface area contributed by atoms with Crippen LogP contribution < -0.4 is 0 Å². The fourth-order valence-electron chi connectivity index (χ4n) is 1.61. The lowest BCUT2D eigenvalue weighted by Crippen LogP contribution is -2.19. The predicted molar refractivity (Wildman–Crippen MR) is 37.1 cm³/mol. The maximum absolute atomic E-state index is 5.04. The summed E-state index contributed by atoms with van der Waals surface area (Å²) in [6.07, 6.45) is 7.07. The van der Waals surface area contributed by atoms with Gasteiger partial charge in [-0.3, -0.25) is 0 Å². The van der Waals surface area contributed by atoms with E-state index in [0.717, 1.165) is 25.2 Å². The van der Waals surface area contributed by atoms with Crippen LogP contribution in [0.4, 0.5) is 0 Å². The smallest absolute Gasteiger partial charge is 0.141 e. The van der Waals surface area contributed by atoms with E-state index in [4.69, 9.17) is 9.78 Å². The van der Waals surface area contributed by atoms with Crippen molar-refractivity contribution in [1.82, 2.24) is 0 Å². The average Bonchev–Trinajstić information content (AvgIpc) is 2.05. The third-order valence-corrected chi connectivity index (χ3v) is 2.21. The highest BCUT2D eigenvalue weighted by molar-refractivity contribution is 5.02. The zero-order chi connectivity index (χ0) is 6.81. The fourth-order valence-corrected chi connectivity index (χ4v) is 1.61. The van der Waals surface area contributed by atoms with Crippen LogP contribution in [0.3, 0.4) is 0 Å².